The Morgan fingerprint density at radius 3 is 2.73 bits per heavy atom. The molecule has 3 heterocycles. The van der Waals surface area contributed by atoms with Crippen LogP contribution in [0.2, 0.25) is 0 Å². The summed E-state index contributed by atoms with van der Waals surface area (Å²) in [5.74, 6) is 0.747. The summed E-state index contributed by atoms with van der Waals surface area (Å²) in [4.78, 5) is 4.05. The normalized spacial score (nSPS) is 13.9. The SMILES string of the molecule is Cc1nnn(-c2ccc(C(F)F)cn2)c1COc1ccc(C2=CCCCC=C2)nn1. The van der Waals surface area contributed by atoms with Crippen molar-refractivity contribution in [3.05, 3.63) is 71.3 Å². The summed E-state index contributed by atoms with van der Waals surface area (Å²) in [5, 5.41) is 16.5. The van der Waals surface area contributed by atoms with Crippen LogP contribution in [0.3, 0.4) is 0 Å². The third-order valence-corrected chi connectivity index (χ3v) is 4.73. The molecule has 0 saturated carbocycles. The predicted octanol–water partition coefficient (Wildman–Crippen LogP) is 4.40. The predicted molar refractivity (Wildman–Crippen MR) is 106 cm³/mol. The lowest BCUT2D eigenvalue weighted by atomic mass is 10.1. The van der Waals surface area contributed by atoms with Crippen LogP contribution >= 0.6 is 0 Å². The Kier molecular flexibility index (Phi) is 5.87. The van der Waals surface area contributed by atoms with Crippen LogP contribution in [-0.4, -0.2) is 30.2 Å². The topological polar surface area (TPSA) is 78.6 Å². The van der Waals surface area contributed by atoms with Gasteiger partial charge in [-0.2, -0.15) is 4.68 Å². The molecular weight excluding hydrogens is 390 g/mol. The summed E-state index contributed by atoms with van der Waals surface area (Å²) in [6, 6.07) is 6.43. The van der Waals surface area contributed by atoms with Crippen molar-refractivity contribution in [3.63, 3.8) is 0 Å². The average molecular weight is 410 g/mol. The lowest BCUT2D eigenvalue weighted by Gasteiger charge is -2.09. The van der Waals surface area contributed by atoms with Gasteiger partial charge in [-0.3, -0.25) is 0 Å². The van der Waals surface area contributed by atoms with Crippen LogP contribution in [0, 0.1) is 6.92 Å². The van der Waals surface area contributed by atoms with Gasteiger partial charge >= 0.3 is 0 Å². The van der Waals surface area contributed by atoms with E-state index in [9.17, 15) is 8.78 Å². The van der Waals surface area contributed by atoms with Crippen molar-refractivity contribution < 1.29 is 13.5 Å². The lowest BCUT2D eigenvalue weighted by Crippen LogP contribution is -2.09. The fourth-order valence-corrected chi connectivity index (χ4v) is 3.03. The van der Waals surface area contributed by atoms with Crippen LogP contribution in [0.1, 0.15) is 48.3 Å². The molecule has 0 N–H and O–H groups in total. The van der Waals surface area contributed by atoms with Crippen LogP contribution in [0.5, 0.6) is 5.88 Å². The highest BCUT2D eigenvalue weighted by Crippen LogP contribution is 2.21. The highest BCUT2D eigenvalue weighted by molar-refractivity contribution is 5.71. The number of hydrogen-bond acceptors (Lipinski definition) is 6. The Morgan fingerprint density at radius 1 is 1.10 bits per heavy atom. The van der Waals surface area contributed by atoms with E-state index >= 15 is 0 Å². The zero-order valence-corrected chi connectivity index (χ0v) is 16.4. The summed E-state index contributed by atoms with van der Waals surface area (Å²) in [6.07, 6.45) is 8.14. The van der Waals surface area contributed by atoms with E-state index in [2.05, 4.69) is 43.7 Å². The number of halogens is 2. The van der Waals surface area contributed by atoms with Gasteiger partial charge in [0.15, 0.2) is 5.82 Å². The zero-order chi connectivity index (χ0) is 20.9. The molecule has 0 bridgehead atoms. The van der Waals surface area contributed by atoms with Gasteiger partial charge in [0.25, 0.3) is 6.43 Å². The minimum Gasteiger partial charge on any atom is -0.470 e. The molecule has 0 fully saturated rings. The molecule has 0 atom stereocenters. The molecule has 0 unspecified atom stereocenters. The molecule has 3 aromatic heterocycles. The van der Waals surface area contributed by atoms with Crippen LogP contribution in [0.25, 0.3) is 11.4 Å². The van der Waals surface area contributed by atoms with Crippen LogP contribution < -0.4 is 4.74 Å². The Morgan fingerprint density at radius 2 is 2.00 bits per heavy atom. The van der Waals surface area contributed by atoms with Crippen molar-refractivity contribution in [3.8, 4) is 11.7 Å². The van der Waals surface area contributed by atoms with E-state index in [1.807, 2.05) is 6.07 Å². The second kappa shape index (κ2) is 8.89. The molecular formula is C21H20F2N6O. The summed E-state index contributed by atoms with van der Waals surface area (Å²) < 4.78 is 32.7. The number of aromatic nitrogens is 6. The number of hydrogen-bond donors (Lipinski definition) is 0. The third-order valence-electron chi connectivity index (χ3n) is 4.73. The fraction of sp³-hybridized carbons (Fsp3) is 0.286. The van der Waals surface area contributed by atoms with E-state index in [-0.39, 0.29) is 12.2 Å². The summed E-state index contributed by atoms with van der Waals surface area (Å²) in [5.41, 5.74) is 3.00. The Bertz CT molecular complexity index is 1060. The summed E-state index contributed by atoms with van der Waals surface area (Å²) in [7, 11) is 0. The molecule has 0 spiro atoms. The minimum absolute atomic E-state index is 0.133. The maximum Gasteiger partial charge on any atom is 0.265 e. The maximum atomic E-state index is 12.7. The molecule has 3 aromatic rings. The van der Waals surface area contributed by atoms with Gasteiger partial charge in [-0.15, -0.1) is 15.3 Å². The number of aryl methyl sites for hydroxylation is 1. The van der Waals surface area contributed by atoms with E-state index in [0.717, 1.165) is 36.7 Å². The van der Waals surface area contributed by atoms with Crippen molar-refractivity contribution in [2.75, 3.05) is 0 Å². The standard InChI is InChI=1S/C21H20F2N6O/c1-14-18(29(28-25-14)19-10-8-16(12-24-19)21(22)23)13-30-20-11-9-17(26-27-20)15-6-4-2-3-5-7-15/h4,6-12,21H,2-3,5,13H2,1H3. The van der Waals surface area contributed by atoms with E-state index in [4.69, 9.17) is 4.74 Å². The first-order valence-corrected chi connectivity index (χ1v) is 9.61. The van der Waals surface area contributed by atoms with Gasteiger partial charge in [0, 0.05) is 17.8 Å². The molecule has 154 valence electrons. The average Bonchev–Trinajstić information content (AvgIpc) is 2.95. The van der Waals surface area contributed by atoms with Gasteiger partial charge in [0.1, 0.15) is 12.3 Å². The van der Waals surface area contributed by atoms with Crippen LogP contribution in [0.15, 0.2) is 48.7 Å². The molecule has 0 aromatic carbocycles. The first-order valence-electron chi connectivity index (χ1n) is 9.61. The molecule has 0 radical (unpaired) electrons. The molecule has 0 aliphatic heterocycles. The quantitative estimate of drug-likeness (QED) is 0.599. The Balaban J connectivity index is 1.48. The van der Waals surface area contributed by atoms with Crippen molar-refractivity contribution in [1.82, 2.24) is 30.2 Å². The first-order chi connectivity index (χ1) is 14.6. The monoisotopic (exact) mass is 410 g/mol. The van der Waals surface area contributed by atoms with Crippen LogP contribution in [-0.2, 0) is 6.61 Å². The molecule has 0 amide bonds. The molecule has 7 nitrogen and oxygen atoms in total. The molecule has 9 heteroatoms. The molecule has 30 heavy (non-hydrogen) atoms. The second-order valence-electron chi connectivity index (χ2n) is 6.82. The number of allylic oxidation sites excluding steroid dienone is 4. The maximum absolute atomic E-state index is 12.7. The number of pyridine rings is 1. The highest BCUT2D eigenvalue weighted by Gasteiger charge is 2.15. The molecule has 1 aliphatic carbocycles. The van der Waals surface area contributed by atoms with E-state index in [0.29, 0.717) is 23.1 Å². The number of rotatable bonds is 6. The van der Waals surface area contributed by atoms with E-state index in [1.165, 1.54) is 16.8 Å². The minimum atomic E-state index is -2.57. The van der Waals surface area contributed by atoms with Gasteiger partial charge in [-0.05, 0) is 50.0 Å². The lowest BCUT2D eigenvalue weighted by molar-refractivity contribution is 0.151. The van der Waals surface area contributed by atoms with Crippen molar-refractivity contribution >= 4 is 5.57 Å². The number of nitrogens with zero attached hydrogens (tertiary/aromatic N) is 6. The summed E-state index contributed by atoms with van der Waals surface area (Å²) in [6.45, 7) is 1.92. The van der Waals surface area contributed by atoms with Crippen molar-refractivity contribution in [1.29, 1.82) is 0 Å². The van der Waals surface area contributed by atoms with Gasteiger partial charge in [-0.25, -0.2) is 13.8 Å². The first kappa shape index (κ1) is 19.8. The van der Waals surface area contributed by atoms with Crippen LogP contribution in [0.4, 0.5) is 8.78 Å². The van der Waals surface area contributed by atoms with Crippen molar-refractivity contribution in [2.45, 2.75) is 39.2 Å². The van der Waals surface area contributed by atoms with Gasteiger partial charge in [0.2, 0.25) is 5.88 Å². The smallest absolute Gasteiger partial charge is 0.265 e. The van der Waals surface area contributed by atoms with Gasteiger partial charge in [0.05, 0.1) is 11.4 Å². The fourth-order valence-electron chi connectivity index (χ4n) is 3.03. The third kappa shape index (κ3) is 4.40. The second-order valence-corrected chi connectivity index (χ2v) is 6.82. The van der Waals surface area contributed by atoms with Crippen molar-refractivity contribution in [2.24, 2.45) is 0 Å². The zero-order valence-electron chi connectivity index (χ0n) is 16.4. The Hall–Kier alpha value is -3.49. The largest absolute Gasteiger partial charge is 0.470 e. The van der Waals surface area contributed by atoms with E-state index < -0.39 is 6.43 Å². The summed E-state index contributed by atoms with van der Waals surface area (Å²) >= 11 is 0. The Labute approximate surface area is 172 Å². The van der Waals surface area contributed by atoms with Gasteiger partial charge in [-0.1, -0.05) is 23.4 Å². The number of alkyl halides is 2. The van der Waals surface area contributed by atoms with E-state index in [1.54, 1.807) is 13.0 Å². The number of ether oxygens (including phenoxy) is 1. The highest BCUT2D eigenvalue weighted by atomic mass is 19.3. The molecule has 4 rings (SSSR count). The molecule has 1 aliphatic rings. The molecule has 0 saturated heterocycles. The van der Waals surface area contributed by atoms with Gasteiger partial charge < -0.3 is 4.74 Å².